The number of nitrogens with zero attached hydrogens (tertiary/aromatic N) is 3. The predicted octanol–water partition coefficient (Wildman–Crippen LogP) is 0.530. The third-order valence-corrected chi connectivity index (χ3v) is 7.42. The van der Waals surface area contributed by atoms with Gasteiger partial charge in [-0.25, -0.2) is 8.42 Å². The number of hydrogen-bond donors (Lipinski definition) is 1. The molecule has 3 rings (SSSR count). The second-order valence-corrected chi connectivity index (χ2v) is 9.15. The molecule has 2 aliphatic heterocycles. The molecular weight excluding hydrogens is 348 g/mol. The summed E-state index contributed by atoms with van der Waals surface area (Å²) < 4.78 is 26.8. The highest BCUT2D eigenvalue weighted by molar-refractivity contribution is 7.99. The van der Waals surface area contributed by atoms with Crippen molar-refractivity contribution in [1.29, 1.82) is 0 Å². The van der Waals surface area contributed by atoms with Gasteiger partial charge in [-0.3, -0.25) is 4.79 Å². The summed E-state index contributed by atoms with van der Waals surface area (Å²) in [5, 5.41) is 0. The van der Waals surface area contributed by atoms with Crippen molar-refractivity contribution in [3.63, 3.8) is 0 Å². The smallest absolute Gasteiger partial charge is 0.270 e. The average molecular weight is 373 g/mol. The van der Waals surface area contributed by atoms with Crippen LogP contribution in [0.15, 0.2) is 17.2 Å². The highest BCUT2D eigenvalue weighted by Crippen LogP contribution is 2.21. The molecule has 0 atom stereocenters. The van der Waals surface area contributed by atoms with Gasteiger partial charge in [0.25, 0.3) is 5.91 Å². The summed E-state index contributed by atoms with van der Waals surface area (Å²) >= 11 is 1.76. The van der Waals surface area contributed by atoms with Crippen LogP contribution in [0.4, 0.5) is 0 Å². The van der Waals surface area contributed by atoms with Crippen molar-refractivity contribution < 1.29 is 13.2 Å². The van der Waals surface area contributed by atoms with Crippen LogP contribution in [-0.2, 0) is 10.0 Å². The fourth-order valence-electron chi connectivity index (χ4n) is 3.02. The number of rotatable bonds is 4. The molecule has 0 bridgehead atoms. The lowest BCUT2D eigenvalue weighted by Gasteiger charge is -2.33. The number of aromatic amines is 1. The van der Waals surface area contributed by atoms with Crippen LogP contribution in [-0.4, -0.2) is 90.7 Å². The van der Waals surface area contributed by atoms with Gasteiger partial charge in [-0.05, 0) is 12.6 Å². The Morgan fingerprint density at radius 1 is 1.17 bits per heavy atom. The van der Waals surface area contributed by atoms with Crippen LogP contribution < -0.4 is 0 Å². The summed E-state index contributed by atoms with van der Waals surface area (Å²) in [7, 11) is -3.51. The molecule has 0 aromatic carbocycles. The maximum Gasteiger partial charge on any atom is 0.270 e. The zero-order valence-electron chi connectivity index (χ0n) is 13.9. The molecule has 7 nitrogen and oxygen atoms in total. The molecule has 1 N–H and O–H groups in total. The van der Waals surface area contributed by atoms with E-state index in [2.05, 4.69) is 16.8 Å². The van der Waals surface area contributed by atoms with Crippen LogP contribution in [0.25, 0.3) is 0 Å². The van der Waals surface area contributed by atoms with Crippen LogP contribution in [0.1, 0.15) is 17.4 Å². The minimum atomic E-state index is -3.51. The van der Waals surface area contributed by atoms with E-state index in [0.717, 1.165) is 31.1 Å². The Hall–Kier alpha value is -1.03. The molecular formula is C15H24N4O3S2. The van der Waals surface area contributed by atoms with Gasteiger partial charge < -0.3 is 14.8 Å². The maximum absolute atomic E-state index is 12.6. The molecule has 2 saturated heterocycles. The third kappa shape index (κ3) is 3.63. The van der Waals surface area contributed by atoms with Crippen molar-refractivity contribution in [2.75, 3.05) is 57.3 Å². The topological polar surface area (TPSA) is 76.7 Å². The van der Waals surface area contributed by atoms with E-state index in [1.165, 1.54) is 16.6 Å². The quantitative estimate of drug-likeness (QED) is 0.834. The van der Waals surface area contributed by atoms with Gasteiger partial charge in [-0.1, -0.05) is 6.92 Å². The zero-order valence-corrected chi connectivity index (χ0v) is 15.5. The zero-order chi connectivity index (χ0) is 17.2. The molecule has 0 radical (unpaired) electrons. The van der Waals surface area contributed by atoms with Crippen molar-refractivity contribution in [3.05, 3.63) is 18.0 Å². The van der Waals surface area contributed by atoms with E-state index in [4.69, 9.17) is 0 Å². The first-order chi connectivity index (χ1) is 11.5. The molecule has 2 fully saturated rings. The van der Waals surface area contributed by atoms with E-state index in [0.29, 0.717) is 31.9 Å². The number of carbonyl (C=O) groups is 1. The maximum atomic E-state index is 12.6. The minimum absolute atomic E-state index is 0.124. The van der Waals surface area contributed by atoms with Crippen LogP contribution in [0.5, 0.6) is 0 Å². The number of piperazine rings is 1. The standard InChI is InChI=1S/C15H24N4O3S2/c1-2-17-3-5-18(6-4-17)15(20)14-11-13(12-16-14)24(21,22)19-7-9-23-10-8-19/h11-12,16H,2-10H2,1H3. The molecule has 1 amide bonds. The minimum Gasteiger partial charge on any atom is -0.356 e. The first kappa shape index (κ1) is 17.8. The Labute approximate surface area is 147 Å². The van der Waals surface area contributed by atoms with Gasteiger partial charge in [0, 0.05) is 57.0 Å². The number of hydrogen-bond acceptors (Lipinski definition) is 5. The van der Waals surface area contributed by atoms with Crippen LogP contribution in [0, 0.1) is 0 Å². The van der Waals surface area contributed by atoms with Crippen molar-refractivity contribution in [2.45, 2.75) is 11.8 Å². The summed E-state index contributed by atoms with van der Waals surface area (Å²) in [6.07, 6.45) is 1.44. The summed E-state index contributed by atoms with van der Waals surface area (Å²) in [6, 6.07) is 1.48. The normalized spacial score (nSPS) is 21.1. The molecule has 134 valence electrons. The predicted molar refractivity (Wildman–Crippen MR) is 94.9 cm³/mol. The second-order valence-electron chi connectivity index (χ2n) is 5.99. The van der Waals surface area contributed by atoms with Crippen LogP contribution in [0.3, 0.4) is 0 Å². The first-order valence-electron chi connectivity index (χ1n) is 8.30. The lowest BCUT2D eigenvalue weighted by molar-refractivity contribution is 0.0638. The van der Waals surface area contributed by atoms with Crippen molar-refractivity contribution in [2.24, 2.45) is 0 Å². The molecule has 0 spiro atoms. The lowest BCUT2D eigenvalue weighted by atomic mass is 10.3. The van der Waals surface area contributed by atoms with E-state index < -0.39 is 10.0 Å². The number of H-pyrrole nitrogens is 1. The Morgan fingerprint density at radius 2 is 1.83 bits per heavy atom. The van der Waals surface area contributed by atoms with Gasteiger partial charge in [0.2, 0.25) is 10.0 Å². The molecule has 2 aliphatic rings. The molecule has 24 heavy (non-hydrogen) atoms. The van der Waals surface area contributed by atoms with Gasteiger partial charge in [-0.2, -0.15) is 16.1 Å². The SMILES string of the molecule is CCN1CCN(C(=O)c2cc(S(=O)(=O)N3CCSCC3)c[nH]2)CC1. The molecule has 1 aromatic heterocycles. The van der Waals surface area contributed by atoms with Crippen molar-refractivity contribution in [3.8, 4) is 0 Å². The fraction of sp³-hybridized carbons (Fsp3) is 0.667. The number of aromatic nitrogens is 1. The number of thioether (sulfide) groups is 1. The van der Waals surface area contributed by atoms with Crippen LogP contribution in [0.2, 0.25) is 0 Å². The molecule has 0 aliphatic carbocycles. The summed E-state index contributed by atoms with van der Waals surface area (Å²) in [5.74, 6) is 1.51. The first-order valence-corrected chi connectivity index (χ1v) is 10.9. The Morgan fingerprint density at radius 3 is 2.46 bits per heavy atom. The van der Waals surface area contributed by atoms with Crippen molar-refractivity contribution >= 4 is 27.7 Å². The van der Waals surface area contributed by atoms with Crippen molar-refractivity contribution in [1.82, 2.24) is 19.1 Å². The molecule has 0 unspecified atom stereocenters. The Kier molecular flexibility index (Phi) is 5.53. The number of carbonyl (C=O) groups excluding carboxylic acids is 1. The van der Waals surface area contributed by atoms with E-state index in [1.54, 1.807) is 16.7 Å². The molecule has 0 saturated carbocycles. The Balaban J connectivity index is 1.70. The second kappa shape index (κ2) is 7.47. The molecule has 9 heteroatoms. The summed E-state index contributed by atoms with van der Waals surface area (Å²) in [4.78, 5) is 19.7. The van der Waals surface area contributed by atoms with E-state index in [1.807, 2.05) is 0 Å². The van der Waals surface area contributed by atoms with Crippen LogP contribution >= 0.6 is 11.8 Å². The number of amides is 1. The molecule has 1 aromatic rings. The Bertz CT molecular complexity index is 675. The fourth-order valence-corrected chi connectivity index (χ4v) is 5.59. The summed E-state index contributed by atoms with van der Waals surface area (Å²) in [5.41, 5.74) is 0.352. The number of nitrogens with one attached hydrogen (secondary N) is 1. The van der Waals surface area contributed by atoms with Gasteiger partial charge in [0.15, 0.2) is 0 Å². The largest absolute Gasteiger partial charge is 0.356 e. The third-order valence-electron chi connectivity index (χ3n) is 4.60. The van der Waals surface area contributed by atoms with Gasteiger partial charge in [-0.15, -0.1) is 0 Å². The molecule has 3 heterocycles. The van der Waals surface area contributed by atoms with Gasteiger partial charge >= 0.3 is 0 Å². The van der Waals surface area contributed by atoms with Gasteiger partial charge in [0.05, 0.1) is 0 Å². The highest BCUT2D eigenvalue weighted by Gasteiger charge is 2.29. The monoisotopic (exact) mass is 372 g/mol. The van der Waals surface area contributed by atoms with Gasteiger partial charge in [0.1, 0.15) is 10.6 Å². The summed E-state index contributed by atoms with van der Waals surface area (Å²) in [6.45, 7) is 7.23. The number of likely N-dealkylation sites (N-methyl/N-ethyl adjacent to an activating group) is 1. The van der Waals surface area contributed by atoms with E-state index >= 15 is 0 Å². The lowest BCUT2D eigenvalue weighted by Crippen LogP contribution is -2.48. The van der Waals surface area contributed by atoms with E-state index in [9.17, 15) is 13.2 Å². The average Bonchev–Trinajstić information content (AvgIpc) is 3.13. The van der Waals surface area contributed by atoms with E-state index in [-0.39, 0.29) is 10.8 Å². The number of sulfonamides is 1. The highest BCUT2D eigenvalue weighted by atomic mass is 32.2.